The lowest BCUT2D eigenvalue weighted by Gasteiger charge is -2.20. The monoisotopic (exact) mass is 322 g/mol. The zero-order valence-electron chi connectivity index (χ0n) is 13.3. The Morgan fingerprint density at radius 3 is 2.68 bits per heavy atom. The number of hydrogen-bond acceptors (Lipinski definition) is 3. The Hall–Kier alpha value is -1.53. The first-order valence-corrected chi connectivity index (χ1v) is 8.79. The van der Waals surface area contributed by atoms with E-state index in [1.54, 1.807) is 11.8 Å². The quantitative estimate of drug-likeness (QED) is 0.642. The van der Waals surface area contributed by atoms with Gasteiger partial charge in [-0.3, -0.25) is 9.59 Å². The third kappa shape index (κ3) is 4.74. The van der Waals surface area contributed by atoms with E-state index in [1.807, 2.05) is 44.5 Å². The fraction of sp³-hybridized carbons (Fsp3) is 0.500. The average molecular weight is 322 g/mol. The van der Waals surface area contributed by atoms with Crippen LogP contribution in [0.4, 0.5) is 5.69 Å². The van der Waals surface area contributed by atoms with Crippen LogP contribution in [0.2, 0.25) is 0 Å². The van der Waals surface area contributed by atoms with Gasteiger partial charge < -0.3 is 15.5 Å². The number of anilines is 1. The van der Waals surface area contributed by atoms with Gasteiger partial charge in [0.15, 0.2) is 12.6 Å². The lowest BCUT2D eigenvalue weighted by molar-refractivity contribution is -0.885. The number of hydrogen-bond donors (Lipinski definition) is 3. The van der Waals surface area contributed by atoms with Crippen LogP contribution >= 0.6 is 11.8 Å². The number of benzene rings is 1. The van der Waals surface area contributed by atoms with E-state index in [2.05, 4.69) is 10.6 Å². The molecule has 2 amide bonds. The summed E-state index contributed by atoms with van der Waals surface area (Å²) in [5.41, 5.74) is 0.822. The van der Waals surface area contributed by atoms with Gasteiger partial charge in [0.1, 0.15) is 0 Å². The summed E-state index contributed by atoms with van der Waals surface area (Å²) in [4.78, 5) is 26.1. The molecule has 1 fully saturated rings. The third-order valence-electron chi connectivity index (χ3n) is 3.88. The van der Waals surface area contributed by atoms with Gasteiger partial charge in [0.25, 0.3) is 11.8 Å². The van der Waals surface area contributed by atoms with Gasteiger partial charge in [-0.05, 0) is 38.2 Å². The lowest BCUT2D eigenvalue weighted by atomic mass is 10.2. The van der Waals surface area contributed by atoms with Gasteiger partial charge in [-0.25, -0.2) is 0 Å². The largest absolute Gasteiger partial charge is 0.348 e. The molecule has 0 aromatic heterocycles. The number of likely N-dealkylation sites (N-methyl/N-ethyl adjacent to an activating group) is 1. The SMILES string of the molecule is CSc1ccccc1NC(=O)C[NH+](C)[C@@H](C)C(=O)NC1CC1. The zero-order chi connectivity index (χ0) is 16.1. The molecule has 120 valence electrons. The molecule has 5 nitrogen and oxygen atoms in total. The van der Waals surface area contributed by atoms with Crippen LogP contribution in [0.1, 0.15) is 19.8 Å². The van der Waals surface area contributed by atoms with Crippen molar-refractivity contribution in [1.29, 1.82) is 0 Å². The number of rotatable bonds is 7. The van der Waals surface area contributed by atoms with Gasteiger partial charge in [0.2, 0.25) is 0 Å². The molecule has 1 aromatic carbocycles. The van der Waals surface area contributed by atoms with Crippen molar-refractivity contribution >= 4 is 29.3 Å². The molecule has 6 heteroatoms. The van der Waals surface area contributed by atoms with Crippen LogP contribution in [0.5, 0.6) is 0 Å². The molecule has 1 aliphatic rings. The molecule has 0 saturated heterocycles. The van der Waals surface area contributed by atoms with E-state index in [9.17, 15) is 9.59 Å². The van der Waals surface area contributed by atoms with E-state index in [-0.39, 0.29) is 24.4 Å². The van der Waals surface area contributed by atoms with Crippen molar-refractivity contribution in [2.45, 2.75) is 36.7 Å². The van der Waals surface area contributed by atoms with E-state index in [0.29, 0.717) is 6.04 Å². The molecule has 0 bridgehead atoms. The molecule has 3 N–H and O–H groups in total. The lowest BCUT2D eigenvalue weighted by Crippen LogP contribution is -3.15. The topological polar surface area (TPSA) is 62.6 Å². The molecule has 1 saturated carbocycles. The van der Waals surface area contributed by atoms with Crippen molar-refractivity contribution in [3.05, 3.63) is 24.3 Å². The summed E-state index contributed by atoms with van der Waals surface area (Å²) in [7, 11) is 1.87. The van der Waals surface area contributed by atoms with Gasteiger partial charge >= 0.3 is 0 Å². The second kappa shape index (κ2) is 7.65. The van der Waals surface area contributed by atoms with Gasteiger partial charge in [-0.2, -0.15) is 0 Å². The minimum atomic E-state index is -0.234. The maximum absolute atomic E-state index is 12.2. The summed E-state index contributed by atoms with van der Waals surface area (Å²) in [5.74, 6) is -0.0533. The molecule has 2 rings (SSSR count). The molecule has 2 atom stereocenters. The maximum atomic E-state index is 12.2. The summed E-state index contributed by atoms with van der Waals surface area (Å²) < 4.78 is 0. The second-order valence-electron chi connectivity index (χ2n) is 5.78. The first-order chi connectivity index (χ1) is 10.5. The molecule has 22 heavy (non-hydrogen) atoms. The number of carbonyl (C=O) groups is 2. The fourth-order valence-electron chi connectivity index (χ4n) is 2.13. The summed E-state index contributed by atoms with van der Waals surface area (Å²) in [6.45, 7) is 2.12. The predicted molar refractivity (Wildman–Crippen MR) is 89.2 cm³/mol. The van der Waals surface area contributed by atoms with Gasteiger partial charge in [0, 0.05) is 10.9 Å². The van der Waals surface area contributed by atoms with E-state index in [0.717, 1.165) is 28.3 Å². The molecule has 1 aliphatic carbocycles. The molecule has 0 spiro atoms. The Morgan fingerprint density at radius 2 is 2.05 bits per heavy atom. The van der Waals surface area contributed by atoms with Crippen LogP contribution in [0, 0.1) is 0 Å². The smallest absolute Gasteiger partial charge is 0.279 e. The minimum Gasteiger partial charge on any atom is -0.348 e. The minimum absolute atomic E-state index is 0.0253. The van der Waals surface area contributed by atoms with Crippen LogP contribution < -0.4 is 15.5 Å². The van der Waals surface area contributed by atoms with Gasteiger partial charge in [0.05, 0.1) is 12.7 Å². The summed E-state index contributed by atoms with van der Waals surface area (Å²) in [5, 5.41) is 5.91. The first kappa shape index (κ1) is 16.8. The van der Waals surface area contributed by atoms with Crippen LogP contribution in [-0.2, 0) is 9.59 Å². The van der Waals surface area contributed by atoms with Crippen molar-refractivity contribution in [3.8, 4) is 0 Å². The predicted octanol–water partition coefficient (Wildman–Crippen LogP) is 0.529. The highest BCUT2D eigenvalue weighted by atomic mass is 32.2. The molecule has 1 unspecified atom stereocenters. The van der Waals surface area contributed by atoms with E-state index in [1.165, 1.54) is 0 Å². The number of amides is 2. The highest BCUT2D eigenvalue weighted by Crippen LogP contribution is 2.24. The summed E-state index contributed by atoms with van der Waals surface area (Å²) >= 11 is 1.60. The Morgan fingerprint density at radius 1 is 1.36 bits per heavy atom. The van der Waals surface area contributed by atoms with Gasteiger partial charge in [-0.15, -0.1) is 11.8 Å². The number of quaternary nitrogens is 1. The molecule has 0 heterocycles. The number of thioether (sulfide) groups is 1. The van der Waals surface area contributed by atoms with Crippen LogP contribution in [0.3, 0.4) is 0 Å². The highest BCUT2D eigenvalue weighted by molar-refractivity contribution is 7.98. The molecule has 0 aliphatic heterocycles. The number of nitrogens with one attached hydrogen (secondary N) is 3. The average Bonchev–Trinajstić information content (AvgIpc) is 3.30. The maximum Gasteiger partial charge on any atom is 0.279 e. The fourth-order valence-corrected chi connectivity index (χ4v) is 2.68. The number of carbonyl (C=O) groups excluding carboxylic acids is 2. The molecule has 1 aromatic rings. The summed E-state index contributed by atoms with van der Waals surface area (Å²) in [6.07, 6.45) is 4.12. The van der Waals surface area contributed by atoms with Crippen LogP contribution in [0.15, 0.2) is 29.2 Å². The van der Waals surface area contributed by atoms with Crippen molar-refractivity contribution < 1.29 is 14.5 Å². The highest BCUT2D eigenvalue weighted by Gasteiger charge is 2.29. The second-order valence-corrected chi connectivity index (χ2v) is 6.62. The van der Waals surface area contributed by atoms with E-state index in [4.69, 9.17) is 0 Å². The Balaban J connectivity index is 1.86. The van der Waals surface area contributed by atoms with Crippen molar-refractivity contribution in [1.82, 2.24) is 5.32 Å². The first-order valence-electron chi connectivity index (χ1n) is 7.56. The molecule has 0 radical (unpaired) electrons. The van der Waals surface area contributed by atoms with E-state index < -0.39 is 0 Å². The molecular weight excluding hydrogens is 298 g/mol. The van der Waals surface area contributed by atoms with Crippen molar-refractivity contribution in [2.24, 2.45) is 0 Å². The van der Waals surface area contributed by atoms with Crippen LogP contribution in [0.25, 0.3) is 0 Å². The Bertz CT molecular complexity index is 546. The normalized spacial score (nSPS) is 16.7. The summed E-state index contributed by atoms with van der Waals surface area (Å²) in [6, 6.07) is 7.83. The zero-order valence-corrected chi connectivity index (χ0v) is 14.1. The van der Waals surface area contributed by atoms with Crippen LogP contribution in [-0.4, -0.2) is 43.7 Å². The van der Waals surface area contributed by atoms with Crippen molar-refractivity contribution in [3.63, 3.8) is 0 Å². The Labute approximate surface area is 135 Å². The van der Waals surface area contributed by atoms with Crippen molar-refractivity contribution in [2.75, 3.05) is 25.2 Å². The standard InChI is InChI=1S/C16H23N3O2S/c1-11(16(21)17-12-8-9-12)19(2)10-15(20)18-13-6-4-5-7-14(13)22-3/h4-7,11-12H,8-10H2,1-3H3,(H,17,21)(H,18,20)/p+1/t11-/m0/s1. The van der Waals surface area contributed by atoms with E-state index >= 15 is 0 Å². The number of para-hydroxylation sites is 1. The molecular formula is C16H24N3O2S+. The third-order valence-corrected chi connectivity index (χ3v) is 4.67. The Kier molecular flexibility index (Phi) is 5.85. The van der Waals surface area contributed by atoms with Gasteiger partial charge in [-0.1, -0.05) is 12.1 Å².